The molecule has 1 amide bonds. The number of aromatic nitrogens is 2. The van der Waals surface area contributed by atoms with E-state index in [1.807, 2.05) is 18.2 Å². The van der Waals surface area contributed by atoms with Gasteiger partial charge in [-0.15, -0.1) is 0 Å². The number of imidazole rings is 1. The van der Waals surface area contributed by atoms with Crippen LogP contribution in [0.1, 0.15) is 30.6 Å². The molecule has 8 nitrogen and oxygen atoms in total. The van der Waals surface area contributed by atoms with Crippen molar-refractivity contribution in [2.75, 3.05) is 20.6 Å². The lowest BCUT2D eigenvalue weighted by Crippen LogP contribution is -2.38. The second kappa shape index (κ2) is 8.48. The van der Waals surface area contributed by atoms with Gasteiger partial charge in [0.15, 0.2) is 0 Å². The Hall–Kier alpha value is -3.16. The van der Waals surface area contributed by atoms with Gasteiger partial charge < -0.3 is 24.7 Å². The predicted molar refractivity (Wildman–Crippen MR) is 105 cm³/mol. The van der Waals surface area contributed by atoms with Crippen molar-refractivity contribution >= 4 is 23.5 Å². The largest absolute Gasteiger partial charge is 0.392 e. The van der Waals surface area contributed by atoms with Crippen LogP contribution in [0.15, 0.2) is 42.8 Å². The number of hydrogen-bond acceptors (Lipinski definition) is 5. The third kappa shape index (κ3) is 5.16. The number of carbonyl (C=O) groups is 2. The molecule has 0 bridgehead atoms. The van der Waals surface area contributed by atoms with Gasteiger partial charge in [-0.05, 0) is 18.6 Å². The lowest BCUT2D eigenvalue weighted by Gasteiger charge is -2.25. The molecule has 0 atom stereocenters. The van der Waals surface area contributed by atoms with E-state index in [0.717, 1.165) is 11.8 Å². The van der Waals surface area contributed by atoms with Crippen LogP contribution < -0.4 is 10.6 Å². The maximum Gasteiger partial charge on any atom is 0.255 e. The van der Waals surface area contributed by atoms with E-state index in [0.29, 0.717) is 24.2 Å². The van der Waals surface area contributed by atoms with Gasteiger partial charge in [-0.3, -0.25) is 10.2 Å². The summed E-state index contributed by atoms with van der Waals surface area (Å²) in [5.41, 5.74) is 1.18. The van der Waals surface area contributed by atoms with Crippen LogP contribution in [0.25, 0.3) is 5.52 Å². The van der Waals surface area contributed by atoms with Gasteiger partial charge in [-0.1, -0.05) is 13.8 Å². The van der Waals surface area contributed by atoms with E-state index in [2.05, 4.69) is 15.6 Å². The van der Waals surface area contributed by atoms with Crippen LogP contribution in [-0.2, 0) is 4.79 Å². The van der Waals surface area contributed by atoms with Crippen molar-refractivity contribution in [2.45, 2.75) is 20.3 Å². The van der Waals surface area contributed by atoms with E-state index in [1.165, 1.54) is 0 Å². The van der Waals surface area contributed by atoms with Crippen LogP contribution in [0.2, 0.25) is 0 Å². The molecule has 2 aromatic heterocycles. The molecule has 144 valence electrons. The molecule has 0 fully saturated rings. The minimum Gasteiger partial charge on any atom is -0.392 e. The second-order valence-corrected chi connectivity index (χ2v) is 7.07. The molecule has 2 rings (SSSR count). The average molecular weight is 370 g/mol. The third-order valence-corrected chi connectivity index (χ3v) is 4.26. The number of nitrogens with zero attached hydrogens (tertiary/aromatic N) is 3. The molecular formula is C19H26N6O2. The van der Waals surface area contributed by atoms with Gasteiger partial charge in [-0.25, -0.2) is 4.98 Å². The number of hydrogen-bond donors (Lipinski definition) is 3. The monoisotopic (exact) mass is 370 g/mol. The molecule has 8 heteroatoms. The highest BCUT2D eigenvalue weighted by Gasteiger charge is 2.20. The molecule has 2 heterocycles. The van der Waals surface area contributed by atoms with E-state index < -0.39 is 5.41 Å². The minimum absolute atomic E-state index is 0.157. The molecule has 2 aromatic rings. The summed E-state index contributed by atoms with van der Waals surface area (Å²) in [5.74, 6) is -0.156. The van der Waals surface area contributed by atoms with Gasteiger partial charge >= 0.3 is 0 Å². The van der Waals surface area contributed by atoms with E-state index in [1.54, 1.807) is 56.0 Å². The summed E-state index contributed by atoms with van der Waals surface area (Å²) in [6, 6.07) is 3.43. The molecule has 0 radical (unpaired) electrons. The molecule has 0 saturated carbocycles. The zero-order valence-electron chi connectivity index (χ0n) is 16.1. The maximum atomic E-state index is 12.6. The summed E-state index contributed by atoms with van der Waals surface area (Å²) in [4.78, 5) is 29.4. The molecule has 0 aliphatic rings. The number of fused-ring (bicyclic) bond motifs is 1. The summed E-state index contributed by atoms with van der Waals surface area (Å²) >= 11 is 0. The molecule has 0 saturated heterocycles. The Kier molecular flexibility index (Phi) is 6.33. The van der Waals surface area contributed by atoms with Crippen molar-refractivity contribution in [2.24, 2.45) is 5.41 Å². The Morgan fingerprint density at radius 2 is 2.19 bits per heavy atom. The number of amidine groups is 1. The van der Waals surface area contributed by atoms with Crippen LogP contribution >= 0.6 is 0 Å². The number of amides is 1. The summed E-state index contributed by atoms with van der Waals surface area (Å²) in [6.07, 6.45) is 8.19. The summed E-state index contributed by atoms with van der Waals surface area (Å²) in [7, 11) is 3.46. The van der Waals surface area contributed by atoms with Gasteiger partial charge in [0, 0.05) is 44.0 Å². The van der Waals surface area contributed by atoms with Gasteiger partial charge in [0.1, 0.15) is 12.1 Å². The highest BCUT2D eigenvalue weighted by molar-refractivity contribution is 6.04. The second-order valence-electron chi connectivity index (χ2n) is 7.07. The van der Waals surface area contributed by atoms with Crippen molar-refractivity contribution in [3.05, 3.63) is 48.3 Å². The van der Waals surface area contributed by atoms with Crippen LogP contribution in [0.5, 0.6) is 0 Å². The van der Waals surface area contributed by atoms with Crippen LogP contribution in [0.3, 0.4) is 0 Å². The zero-order chi connectivity index (χ0) is 20.0. The number of rotatable bonds is 8. The van der Waals surface area contributed by atoms with Crippen molar-refractivity contribution in [3.8, 4) is 0 Å². The lowest BCUT2D eigenvalue weighted by atomic mass is 9.91. The Labute approximate surface area is 158 Å². The van der Waals surface area contributed by atoms with Crippen molar-refractivity contribution in [1.29, 1.82) is 5.41 Å². The quantitative estimate of drug-likeness (QED) is 0.372. The van der Waals surface area contributed by atoms with Gasteiger partial charge in [0.05, 0.1) is 23.7 Å². The molecule has 0 aliphatic carbocycles. The smallest absolute Gasteiger partial charge is 0.255 e. The molecule has 0 unspecified atom stereocenters. The average Bonchev–Trinajstić information content (AvgIpc) is 3.12. The topological polar surface area (TPSA) is 103 Å². The van der Waals surface area contributed by atoms with Gasteiger partial charge in [-0.2, -0.15) is 0 Å². The Bertz CT molecular complexity index is 868. The molecular weight excluding hydrogens is 344 g/mol. The predicted octanol–water partition coefficient (Wildman–Crippen LogP) is 1.65. The number of aldehydes is 1. The van der Waals surface area contributed by atoms with Crippen LogP contribution in [0, 0.1) is 10.8 Å². The van der Waals surface area contributed by atoms with Crippen LogP contribution in [0.4, 0.5) is 0 Å². The first-order valence-corrected chi connectivity index (χ1v) is 8.64. The fourth-order valence-corrected chi connectivity index (χ4v) is 2.40. The first-order chi connectivity index (χ1) is 12.8. The lowest BCUT2D eigenvalue weighted by molar-refractivity contribution is -0.115. The minimum atomic E-state index is -0.453. The third-order valence-electron chi connectivity index (χ3n) is 4.26. The molecule has 0 aromatic carbocycles. The molecule has 0 spiro atoms. The van der Waals surface area contributed by atoms with E-state index in [9.17, 15) is 9.59 Å². The van der Waals surface area contributed by atoms with Crippen LogP contribution in [-0.4, -0.2) is 53.0 Å². The van der Waals surface area contributed by atoms with E-state index >= 15 is 0 Å². The van der Waals surface area contributed by atoms with Crippen molar-refractivity contribution in [1.82, 2.24) is 24.9 Å². The highest BCUT2D eigenvalue weighted by atomic mass is 16.1. The van der Waals surface area contributed by atoms with Crippen molar-refractivity contribution < 1.29 is 9.59 Å². The zero-order valence-corrected chi connectivity index (χ0v) is 16.1. The van der Waals surface area contributed by atoms with E-state index in [-0.39, 0.29) is 11.7 Å². The number of carbonyl (C=O) groups excluding carboxylic acids is 2. The Morgan fingerprint density at radius 1 is 1.44 bits per heavy atom. The molecule has 0 aliphatic heterocycles. The number of likely N-dealkylation sites (N-methyl/N-ethyl adjacent to an activating group) is 1. The first kappa shape index (κ1) is 20.2. The standard InChI is InChI=1S/C19H26N6O2/c1-19(2,12-26)6-8-24(4)17(20)16(11-21-3)23-18(27)14-5-7-25-13-22-10-15(25)9-14/h5,7,9-13,20-21H,6,8H2,1-4H3,(H,23,27)/b16-11+,20-17?. The van der Waals surface area contributed by atoms with Crippen molar-refractivity contribution in [3.63, 3.8) is 0 Å². The van der Waals surface area contributed by atoms with Gasteiger partial charge in [0.2, 0.25) is 0 Å². The summed E-state index contributed by atoms with van der Waals surface area (Å²) in [6.45, 7) is 4.23. The Balaban J connectivity index is 2.09. The number of nitrogens with one attached hydrogen (secondary N) is 3. The molecule has 27 heavy (non-hydrogen) atoms. The normalized spacial score (nSPS) is 11.9. The SMILES string of the molecule is CN/C=C(/NC(=O)c1ccn2cncc2c1)C(=N)N(C)CCC(C)(C)C=O. The fourth-order valence-electron chi connectivity index (χ4n) is 2.40. The Morgan fingerprint density at radius 3 is 2.85 bits per heavy atom. The summed E-state index contributed by atoms with van der Waals surface area (Å²) in [5, 5.41) is 14.0. The van der Waals surface area contributed by atoms with E-state index in [4.69, 9.17) is 5.41 Å². The number of pyridine rings is 1. The summed E-state index contributed by atoms with van der Waals surface area (Å²) < 4.78 is 1.81. The maximum absolute atomic E-state index is 12.6. The van der Waals surface area contributed by atoms with Gasteiger partial charge in [0.25, 0.3) is 5.91 Å². The highest BCUT2D eigenvalue weighted by Crippen LogP contribution is 2.17. The fraction of sp³-hybridized carbons (Fsp3) is 0.368. The first-order valence-electron chi connectivity index (χ1n) is 8.64. The molecule has 3 N–H and O–H groups in total.